The molecule has 3 nitrogen and oxygen atoms in total. The van der Waals surface area contributed by atoms with Gasteiger partial charge in [-0.1, -0.05) is 72.1 Å². The largest absolute Gasteiger partial charge is 0.271 e. The maximum Gasteiger partial charge on any atom is 0.271 e. The summed E-state index contributed by atoms with van der Waals surface area (Å²) in [5.74, 6) is -0.195. The predicted molar refractivity (Wildman–Crippen MR) is 103 cm³/mol. The van der Waals surface area contributed by atoms with Crippen LogP contribution in [0, 0.1) is 6.92 Å². The van der Waals surface area contributed by atoms with Crippen LogP contribution in [0.4, 0.5) is 0 Å². The summed E-state index contributed by atoms with van der Waals surface area (Å²) in [6.45, 7) is 4.17. The third-order valence-corrected chi connectivity index (χ3v) is 4.70. The number of amides is 1. The van der Waals surface area contributed by atoms with Gasteiger partial charge in [-0.05, 0) is 43.0 Å². The molecule has 126 valence electrons. The standard InChI is InChI=1S/C20H23BrN2O/c1-3-4-6-11-19(16-9-7-5-8-10-16)22-23-20(24)17-13-12-15(2)18(21)14-17/h5,7-10,12-14H,3-4,6,11H2,1-2H3,(H,23,24)/b22-19+. The smallest absolute Gasteiger partial charge is 0.267 e. The highest BCUT2D eigenvalue weighted by Gasteiger charge is 2.08. The number of benzene rings is 2. The summed E-state index contributed by atoms with van der Waals surface area (Å²) >= 11 is 3.46. The first-order valence-corrected chi connectivity index (χ1v) is 9.09. The minimum atomic E-state index is -0.195. The van der Waals surface area contributed by atoms with Crippen molar-refractivity contribution in [2.75, 3.05) is 0 Å². The third kappa shape index (κ3) is 5.31. The van der Waals surface area contributed by atoms with Gasteiger partial charge in [-0.25, -0.2) is 5.43 Å². The highest BCUT2D eigenvalue weighted by Crippen LogP contribution is 2.17. The van der Waals surface area contributed by atoms with Crippen molar-refractivity contribution in [3.05, 3.63) is 69.7 Å². The van der Waals surface area contributed by atoms with Gasteiger partial charge < -0.3 is 0 Å². The molecule has 24 heavy (non-hydrogen) atoms. The molecule has 1 amide bonds. The fourth-order valence-electron chi connectivity index (χ4n) is 2.35. The summed E-state index contributed by atoms with van der Waals surface area (Å²) in [6.07, 6.45) is 4.24. The van der Waals surface area contributed by atoms with E-state index in [0.29, 0.717) is 5.56 Å². The van der Waals surface area contributed by atoms with Crippen LogP contribution in [-0.2, 0) is 0 Å². The van der Waals surface area contributed by atoms with Crippen molar-refractivity contribution in [3.63, 3.8) is 0 Å². The predicted octanol–water partition coefficient (Wildman–Crippen LogP) is 5.47. The normalized spacial score (nSPS) is 11.4. The number of hydrogen-bond acceptors (Lipinski definition) is 2. The highest BCUT2D eigenvalue weighted by atomic mass is 79.9. The number of hydrogen-bond donors (Lipinski definition) is 1. The molecule has 0 heterocycles. The molecule has 0 saturated heterocycles. The van der Waals surface area contributed by atoms with Gasteiger partial charge in [0.25, 0.3) is 5.91 Å². The molecule has 0 spiro atoms. The molecule has 2 rings (SSSR count). The Morgan fingerprint density at radius 1 is 1.08 bits per heavy atom. The molecule has 0 bridgehead atoms. The van der Waals surface area contributed by atoms with Crippen LogP contribution >= 0.6 is 15.9 Å². The van der Waals surface area contributed by atoms with Gasteiger partial charge in [0, 0.05) is 10.0 Å². The van der Waals surface area contributed by atoms with E-state index in [4.69, 9.17) is 0 Å². The Labute approximate surface area is 152 Å². The summed E-state index contributed by atoms with van der Waals surface area (Å²) in [7, 11) is 0. The van der Waals surface area contributed by atoms with E-state index in [1.807, 2.05) is 55.5 Å². The van der Waals surface area contributed by atoms with Gasteiger partial charge in [0.05, 0.1) is 5.71 Å². The Morgan fingerprint density at radius 2 is 1.83 bits per heavy atom. The number of nitrogens with zero attached hydrogens (tertiary/aromatic N) is 1. The van der Waals surface area contributed by atoms with Gasteiger partial charge in [-0.15, -0.1) is 0 Å². The van der Waals surface area contributed by atoms with E-state index in [0.717, 1.165) is 47.0 Å². The molecule has 0 aliphatic carbocycles. The molecule has 0 aromatic heterocycles. The van der Waals surface area contributed by atoms with E-state index in [9.17, 15) is 4.79 Å². The maximum absolute atomic E-state index is 12.3. The lowest BCUT2D eigenvalue weighted by Crippen LogP contribution is -2.20. The van der Waals surface area contributed by atoms with Crippen LogP contribution in [0.5, 0.6) is 0 Å². The fourth-order valence-corrected chi connectivity index (χ4v) is 2.73. The summed E-state index contributed by atoms with van der Waals surface area (Å²) in [5, 5.41) is 4.40. The first-order chi connectivity index (χ1) is 11.6. The molecule has 0 atom stereocenters. The summed E-state index contributed by atoms with van der Waals surface area (Å²) in [4.78, 5) is 12.3. The van der Waals surface area contributed by atoms with Crippen molar-refractivity contribution >= 4 is 27.5 Å². The van der Waals surface area contributed by atoms with Crippen molar-refractivity contribution in [3.8, 4) is 0 Å². The van der Waals surface area contributed by atoms with Crippen LogP contribution in [0.15, 0.2) is 58.1 Å². The van der Waals surface area contributed by atoms with E-state index < -0.39 is 0 Å². The van der Waals surface area contributed by atoms with Crippen molar-refractivity contribution in [2.24, 2.45) is 5.10 Å². The van der Waals surface area contributed by atoms with Gasteiger partial charge in [0.2, 0.25) is 0 Å². The van der Waals surface area contributed by atoms with Crippen LogP contribution in [0.3, 0.4) is 0 Å². The lowest BCUT2D eigenvalue weighted by molar-refractivity contribution is 0.0954. The fraction of sp³-hybridized carbons (Fsp3) is 0.300. The number of aryl methyl sites for hydroxylation is 1. The lowest BCUT2D eigenvalue weighted by Gasteiger charge is -2.08. The monoisotopic (exact) mass is 386 g/mol. The zero-order chi connectivity index (χ0) is 17.4. The number of hydrazone groups is 1. The van der Waals surface area contributed by atoms with Crippen LogP contribution < -0.4 is 5.43 Å². The average molecular weight is 387 g/mol. The molecular weight excluding hydrogens is 364 g/mol. The first-order valence-electron chi connectivity index (χ1n) is 8.30. The van der Waals surface area contributed by atoms with E-state index in [1.165, 1.54) is 0 Å². The van der Waals surface area contributed by atoms with E-state index in [-0.39, 0.29) is 5.91 Å². The maximum atomic E-state index is 12.3. The molecular formula is C20H23BrN2O. The van der Waals surface area contributed by atoms with Crippen molar-refractivity contribution < 1.29 is 4.79 Å². The van der Waals surface area contributed by atoms with Gasteiger partial charge in [-0.2, -0.15) is 5.10 Å². The zero-order valence-electron chi connectivity index (χ0n) is 14.2. The summed E-state index contributed by atoms with van der Waals surface area (Å²) in [5.41, 5.74) is 6.37. The molecule has 0 aliphatic heterocycles. The van der Waals surface area contributed by atoms with Crippen molar-refractivity contribution in [2.45, 2.75) is 39.5 Å². The van der Waals surface area contributed by atoms with Crippen molar-refractivity contribution in [1.29, 1.82) is 0 Å². The lowest BCUT2D eigenvalue weighted by atomic mass is 10.0. The number of rotatable bonds is 7. The Hall–Kier alpha value is -1.94. The Bertz CT molecular complexity index is 711. The SMILES string of the molecule is CCCCC/C(=N\NC(=O)c1ccc(C)c(Br)c1)c1ccccc1. The van der Waals surface area contributed by atoms with E-state index in [2.05, 4.69) is 33.4 Å². The van der Waals surface area contributed by atoms with E-state index >= 15 is 0 Å². The molecule has 0 radical (unpaired) electrons. The minimum absolute atomic E-state index is 0.195. The minimum Gasteiger partial charge on any atom is -0.267 e. The number of nitrogens with one attached hydrogen (secondary N) is 1. The van der Waals surface area contributed by atoms with Crippen LogP contribution in [0.1, 0.15) is 54.1 Å². The second-order valence-electron chi connectivity index (χ2n) is 5.79. The van der Waals surface area contributed by atoms with Gasteiger partial charge in [0.1, 0.15) is 0 Å². The van der Waals surface area contributed by atoms with E-state index in [1.54, 1.807) is 0 Å². The Morgan fingerprint density at radius 3 is 2.50 bits per heavy atom. The molecule has 0 aliphatic rings. The van der Waals surface area contributed by atoms with Crippen LogP contribution in [0.25, 0.3) is 0 Å². The van der Waals surface area contributed by atoms with Crippen molar-refractivity contribution in [1.82, 2.24) is 5.43 Å². The molecule has 1 N–H and O–H groups in total. The number of halogens is 1. The summed E-state index contributed by atoms with van der Waals surface area (Å²) < 4.78 is 0.922. The molecule has 4 heteroatoms. The second kappa shape index (κ2) is 9.38. The average Bonchev–Trinajstić information content (AvgIpc) is 2.61. The molecule has 2 aromatic rings. The zero-order valence-corrected chi connectivity index (χ0v) is 15.8. The number of unbranched alkanes of at least 4 members (excludes halogenated alkanes) is 2. The molecule has 0 fully saturated rings. The number of carbonyl (C=O) groups excluding carboxylic acids is 1. The topological polar surface area (TPSA) is 41.5 Å². The third-order valence-electron chi connectivity index (χ3n) is 3.85. The molecule has 2 aromatic carbocycles. The quantitative estimate of drug-likeness (QED) is 0.382. The number of carbonyl (C=O) groups is 1. The van der Waals surface area contributed by atoms with Gasteiger partial charge in [0.15, 0.2) is 0 Å². The summed E-state index contributed by atoms with van der Waals surface area (Å²) in [6, 6.07) is 15.6. The Kier molecular flexibility index (Phi) is 7.19. The molecule has 0 saturated carbocycles. The van der Waals surface area contributed by atoms with Crippen LogP contribution in [0.2, 0.25) is 0 Å². The second-order valence-corrected chi connectivity index (χ2v) is 6.64. The van der Waals surface area contributed by atoms with Crippen LogP contribution in [-0.4, -0.2) is 11.6 Å². The Balaban J connectivity index is 2.13. The first kappa shape index (κ1) is 18.4. The van der Waals surface area contributed by atoms with Gasteiger partial charge in [-0.3, -0.25) is 4.79 Å². The highest BCUT2D eigenvalue weighted by molar-refractivity contribution is 9.10. The van der Waals surface area contributed by atoms with Gasteiger partial charge >= 0.3 is 0 Å². The molecule has 0 unspecified atom stereocenters.